The second kappa shape index (κ2) is 6.52. The molecule has 18 heavy (non-hydrogen) atoms. The Balaban J connectivity index is 2.59. The Bertz CT molecular complexity index is 379. The van der Waals surface area contributed by atoms with E-state index in [1.165, 1.54) is 0 Å². The van der Waals surface area contributed by atoms with Gasteiger partial charge in [0.1, 0.15) is 0 Å². The van der Waals surface area contributed by atoms with Crippen LogP contribution in [0.2, 0.25) is 0 Å². The fourth-order valence-corrected chi connectivity index (χ4v) is 2.75. The molecule has 1 rings (SSSR count). The first kappa shape index (κ1) is 15.4. The van der Waals surface area contributed by atoms with Crippen molar-refractivity contribution in [1.29, 1.82) is 0 Å². The molecule has 6 heteroatoms. The Labute approximate surface area is 110 Å². The van der Waals surface area contributed by atoms with Crippen LogP contribution in [0.15, 0.2) is 0 Å². The molecule has 0 saturated carbocycles. The summed E-state index contributed by atoms with van der Waals surface area (Å²) in [7, 11) is -3.18. The van der Waals surface area contributed by atoms with Gasteiger partial charge in [0.05, 0.1) is 6.26 Å². The minimum Gasteiger partial charge on any atom is -0.338 e. The SMILES string of the molecule is CC(C)CC(=O)N1CCCC[C@@H]1CNS(C)(=O)=O. The molecule has 0 aromatic carbocycles. The van der Waals surface area contributed by atoms with E-state index in [2.05, 4.69) is 4.72 Å². The van der Waals surface area contributed by atoms with Crippen LogP contribution >= 0.6 is 0 Å². The molecule has 0 aromatic rings. The van der Waals surface area contributed by atoms with Gasteiger partial charge >= 0.3 is 0 Å². The van der Waals surface area contributed by atoms with E-state index < -0.39 is 10.0 Å². The molecule has 0 spiro atoms. The summed E-state index contributed by atoms with van der Waals surface area (Å²) in [5.41, 5.74) is 0. The standard InChI is InChI=1S/C12H24N2O3S/c1-10(2)8-12(15)14-7-5-4-6-11(14)9-13-18(3,16)17/h10-11,13H,4-9H2,1-3H3/t11-/m1/s1. The maximum absolute atomic E-state index is 12.1. The van der Waals surface area contributed by atoms with E-state index in [-0.39, 0.29) is 11.9 Å². The van der Waals surface area contributed by atoms with Crippen LogP contribution in [0.1, 0.15) is 39.5 Å². The highest BCUT2D eigenvalue weighted by Gasteiger charge is 2.27. The lowest BCUT2D eigenvalue weighted by atomic mass is 10.0. The Kier molecular flexibility index (Phi) is 5.59. The fourth-order valence-electron chi connectivity index (χ4n) is 2.26. The number of nitrogens with one attached hydrogen (secondary N) is 1. The van der Waals surface area contributed by atoms with Crippen molar-refractivity contribution >= 4 is 15.9 Å². The predicted octanol–water partition coefficient (Wildman–Crippen LogP) is 0.963. The number of rotatable bonds is 5. The molecule has 1 amide bonds. The second-order valence-electron chi connectivity index (χ2n) is 5.46. The molecule has 1 saturated heterocycles. The third-order valence-electron chi connectivity index (χ3n) is 3.11. The predicted molar refractivity (Wildman–Crippen MR) is 71.7 cm³/mol. The molecule has 1 aliphatic heterocycles. The number of hydrogen-bond donors (Lipinski definition) is 1. The van der Waals surface area contributed by atoms with Gasteiger partial charge in [0.25, 0.3) is 0 Å². The fraction of sp³-hybridized carbons (Fsp3) is 0.917. The average molecular weight is 276 g/mol. The zero-order valence-corrected chi connectivity index (χ0v) is 12.3. The topological polar surface area (TPSA) is 66.5 Å². The first-order valence-corrected chi connectivity index (χ1v) is 8.43. The molecule has 1 heterocycles. The summed E-state index contributed by atoms with van der Waals surface area (Å²) in [4.78, 5) is 13.9. The molecule has 1 fully saturated rings. The van der Waals surface area contributed by atoms with E-state index >= 15 is 0 Å². The maximum atomic E-state index is 12.1. The normalized spacial score (nSPS) is 21.3. The highest BCUT2D eigenvalue weighted by atomic mass is 32.2. The van der Waals surface area contributed by atoms with Crippen molar-refractivity contribution in [3.8, 4) is 0 Å². The number of carbonyl (C=O) groups excluding carboxylic acids is 1. The maximum Gasteiger partial charge on any atom is 0.223 e. The highest BCUT2D eigenvalue weighted by Crippen LogP contribution is 2.19. The molecule has 1 N–H and O–H groups in total. The molecular weight excluding hydrogens is 252 g/mol. The summed E-state index contributed by atoms with van der Waals surface area (Å²) in [6, 6.07) is 0.0136. The lowest BCUT2D eigenvalue weighted by molar-refractivity contribution is -0.135. The van der Waals surface area contributed by atoms with Crippen LogP contribution in [0.5, 0.6) is 0 Å². The van der Waals surface area contributed by atoms with Gasteiger partial charge in [0, 0.05) is 25.6 Å². The third-order valence-corrected chi connectivity index (χ3v) is 3.80. The Morgan fingerprint density at radius 1 is 1.39 bits per heavy atom. The Morgan fingerprint density at radius 2 is 2.06 bits per heavy atom. The summed E-state index contributed by atoms with van der Waals surface area (Å²) in [5, 5.41) is 0. The number of nitrogens with zero attached hydrogens (tertiary/aromatic N) is 1. The summed E-state index contributed by atoms with van der Waals surface area (Å²) < 4.78 is 24.7. The van der Waals surface area contributed by atoms with E-state index in [1.807, 2.05) is 18.7 Å². The van der Waals surface area contributed by atoms with Crippen molar-refractivity contribution in [3.63, 3.8) is 0 Å². The number of amides is 1. The summed E-state index contributed by atoms with van der Waals surface area (Å²) in [6.45, 7) is 5.13. The minimum atomic E-state index is -3.18. The van der Waals surface area contributed by atoms with Gasteiger partial charge in [-0.05, 0) is 25.2 Å². The van der Waals surface area contributed by atoms with E-state index in [0.29, 0.717) is 18.9 Å². The monoisotopic (exact) mass is 276 g/mol. The molecule has 1 atom stereocenters. The van der Waals surface area contributed by atoms with Crippen LogP contribution in [0.25, 0.3) is 0 Å². The van der Waals surface area contributed by atoms with E-state index in [0.717, 1.165) is 32.1 Å². The second-order valence-corrected chi connectivity index (χ2v) is 7.29. The first-order chi connectivity index (χ1) is 8.29. The van der Waals surface area contributed by atoms with Crippen LogP contribution < -0.4 is 4.72 Å². The van der Waals surface area contributed by atoms with E-state index in [1.54, 1.807) is 0 Å². The zero-order chi connectivity index (χ0) is 13.8. The summed E-state index contributed by atoms with van der Waals surface area (Å²) >= 11 is 0. The van der Waals surface area contributed by atoms with Crippen molar-refractivity contribution in [2.24, 2.45) is 5.92 Å². The van der Waals surface area contributed by atoms with Crippen LogP contribution in [-0.2, 0) is 14.8 Å². The highest BCUT2D eigenvalue weighted by molar-refractivity contribution is 7.88. The van der Waals surface area contributed by atoms with Crippen LogP contribution in [0, 0.1) is 5.92 Å². The van der Waals surface area contributed by atoms with Crippen molar-refractivity contribution in [2.75, 3.05) is 19.3 Å². The molecular formula is C12H24N2O3S. The van der Waals surface area contributed by atoms with Crippen molar-refractivity contribution in [1.82, 2.24) is 9.62 Å². The molecule has 0 aromatic heterocycles. The van der Waals surface area contributed by atoms with Crippen LogP contribution in [0.4, 0.5) is 0 Å². The summed E-state index contributed by atoms with van der Waals surface area (Å²) in [6.07, 6.45) is 4.64. The third kappa shape index (κ3) is 5.35. The van der Waals surface area contributed by atoms with E-state index in [9.17, 15) is 13.2 Å². The van der Waals surface area contributed by atoms with Gasteiger partial charge in [-0.1, -0.05) is 13.8 Å². The lowest BCUT2D eigenvalue weighted by Gasteiger charge is -2.36. The number of hydrogen-bond acceptors (Lipinski definition) is 3. The van der Waals surface area contributed by atoms with Gasteiger partial charge in [0.2, 0.25) is 15.9 Å². The van der Waals surface area contributed by atoms with Crippen molar-refractivity contribution < 1.29 is 13.2 Å². The molecule has 0 bridgehead atoms. The lowest BCUT2D eigenvalue weighted by Crippen LogP contribution is -2.49. The van der Waals surface area contributed by atoms with E-state index in [4.69, 9.17) is 0 Å². The Hall–Kier alpha value is -0.620. The van der Waals surface area contributed by atoms with Gasteiger partial charge in [-0.2, -0.15) is 0 Å². The van der Waals surface area contributed by atoms with Gasteiger partial charge in [0.15, 0.2) is 0 Å². The number of piperidine rings is 1. The molecule has 1 aliphatic rings. The summed E-state index contributed by atoms with van der Waals surface area (Å²) in [5.74, 6) is 0.480. The molecule has 5 nitrogen and oxygen atoms in total. The largest absolute Gasteiger partial charge is 0.338 e. The molecule has 0 unspecified atom stereocenters. The zero-order valence-electron chi connectivity index (χ0n) is 11.5. The van der Waals surface area contributed by atoms with Crippen molar-refractivity contribution in [2.45, 2.75) is 45.6 Å². The van der Waals surface area contributed by atoms with Gasteiger partial charge in [-0.25, -0.2) is 13.1 Å². The number of likely N-dealkylation sites (tertiary alicyclic amines) is 1. The number of sulfonamides is 1. The molecule has 0 radical (unpaired) electrons. The smallest absolute Gasteiger partial charge is 0.223 e. The van der Waals surface area contributed by atoms with Crippen molar-refractivity contribution in [3.05, 3.63) is 0 Å². The minimum absolute atomic E-state index is 0.0136. The van der Waals surface area contributed by atoms with Gasteiger partial charge in [-0.15, -0.1) is 0 Å². The average Bonchev–Trinajstić information content (AvgIpc) is 2.25. The van der Waals surface area contributed by atoms with Gasteiger partial charge < -0.3 is 4.90 Å². The van der Waals surface area contributed by atoms with Gasteiger partial charge in [-0.3, -0.25) is 4.79 Å². The van der Waals surface area contributed by atoms with Crippen LogP contribution in [-0.4, -0.2) is 44.6 Å². The molecule has 106 valence electrons. The Morgan fingerprint density at radius 3 is 2.61 bits per heavy atom. The molecule has 0 aliphatic carbocycles. The quantitative estimate of drug-likeness (QED) is 0.813. The number of carbonyl (C=O) groups is 1. The first-order valence-electron chi connectivity index (χ1n) is 6.53. The van der Waals surface area contributed by atoms with Crippen LogP contribution in [0.3, 0.4) is 0 Å².